The Morgan fingerprint density at radius 3 is 2.54 bits per heavy atom. The van der Waals surface area contributed by atoms with E-state index in [1.807, 2.05) is 26.0 Å². The number of carbonyl (C=O) groups is 2. The first-order chi connectivity index (χ1) is 12.4. The third-order valence-electron chi connectivity index (χ3n) is 3.92. The second kappa shape index (κ2) is 7.55. The van der Waals surface area contributed by atoms with Gasteiger partial charge in [-0.1, -0.05) is 33.3 Å². The van der Waals surface area contributed by atoms with Crippen LogP contribution in [0.15, 0.2) is 45.9 Å². The van der Waals surface area contributed by atoms with Gasteiger partial charge in [-0.05, 0) is 55.3 Å². The highest BCUT2D eigenvalue weighted by atomic mass is 79.9. The van der Waals surface area contributed by atoms with Crippen LogP contribution in [0.5, 0.6) is 0 Å². The van der Waals surface area contributed by atoms with Crippen molar-refractivity contribution in [2.45, 2.75) is 20.4 Å². The number of hydrogen-bond acceptors (Lipinski definition) is 4. The number of thiazole rings is 1. The number of hydrogen-bond donors (Lipinski definition) is 0. The zero-order valence-corrected chi connectivity index (χ0v) is 17.0. The maximum absolute atomic E-state index is 12.6. The lowest BCUT2D eigenvalue weighted by molar-refractivity contribution is -0.141. The van der Waals surface area contributed by atoms with Crippen LogP contribution in [0.1, 0.15) is 21.5 Å². The number of rotatable bonds is 3. The van der Waals surface area contributed by atoms with Gasteiger partial charge in [0.05, 0.1) is 17.3 Å². The Kier molecular flexibility index (Phi) is 5.38. The molecule has 0 radical (unpaired) electrons. The van der Waals surface area contributed by atoms with E-state index >= 15 is 0 Å². The fourth-order valence-corrected chi connectivity index (χ4v) is 4.23. The lowest BCUT2D eigenvalue weighted by Gasteiger charge is -2.06. The fraction of sp³-hybridized carbons (Fsp3) is 0.211. The normalized spacial score (nSPS) is 11.8. The number of aryl methyl sites for hydroxylation is 2. The molecule has 134 valence electrons. The van der Waals surface area contributed by atoms with Crippen molar-refractivity contribution in [3.63, 3.8) is 0 Å². The van der Waals surface area contributed by atoms with Gasteiger partial charge < -0.3 is 9.30 Å². The van der Waals surface area contributed by atoms with Crippen LogP contribution in [0.4, 0.5) is 0 Å². The van der Waals surface area contributed by atoms with Crippen LogP contribution < -0.4 is 4.80 Å². The molecular formula is C19H17BrN2O3S. The van der Waals surface area contributed by atoms with Crippen LogP contribution in [-0.2, 0) is 16.1 Å². The predicted molar refractivity (Wildman–Crippen MR) is 105 cm³/mol. The summed E-state index contributed by atoms with van der Waals surface area (Å²) in [5, 5.41) is 0. The van der Waals surface area contributed by atoms with Crippen molar-refractivity contribution in [3.8, 4) is 0 Å². The molecule has 0 N–H and O–H groups in total. The minimum absolute atomic E-state index is 0.00680. The van der Waals surface area contributed by atoms with Crippen molar-refractivity contribution in [1.29, 1.82) is 0 Å². The summed E-state index contributed by atoms with van der Waals surface area (Å²) in [7, 11) is 1.35. The summed E-state index contributed by atoms with van der Waals surface area (Å²) in [6.45, 7) is 4.00. The molecule has 1 aromatic heterocycles. The third-order valence-corrected chi connectivity index (χ3v) is 5.47. The molecule has 1 heterocycles. The van der Waals surface area contributed by atoms with Crippen LogP contribution in [0.25, 0.3) is 10.2 Å². The highest BCUT2D eigenvalue weighted by Crippen LogP contribution is 2.23. The minimum atomic E-state index is -0.387. The van der Waals surface area contributed by atoms with Crippen molar-refractivity contribution in [1.82, 2.24) is 4.57 Å². The number of halogens is 1. The molecule has 0 aliphatic carbocycles. The van der Waals surface area contributed by atoms with Crippen LogP contribution in [0, 0.1) is 13.8 Å². The van der Waals surface area contributed by atoms with Gasteiger partial charge in [0.1, 0.15) is 6.54 Å². The SMILES string of the molecule is COC(=O)Cn1c(=NC(=O)c2ccc(Br)cc2)sc2cc(C)cc(C)c21. The van der Waals surface area contributed by atoms with E-state index in [9.17, 15) is 9.59 Å². The predicted octanol–water partition coefficient (Wildman–Crippen LogP) is 4.00. The van der Waals surface area contributed by atoms with E-state index in [0.29, 0.717) is 10.4 Å². The van der Waals surface area contributed by atoms with E-state index in [0.717, 1.165) is 25.8 Å². The van der Waals surface area contributed by atoms with E-state index < -0.39 is 0 Å². The first-order valence-corrected chi connectivity index (χ1v) is 9.52. The second-order valence-electron chi connectivity index (χ2n) is 5.90. The van der Waals surface area contributed by atoms with Crippen LogP contribution >= 0.6 is 27.3 Å². The lowest BCUT2D eigenvalue weighted by Crippen LogP contribution is -2.22. The quantitative estimate of drug-likeness (QED) is 0.587. The van der Waals surface area contributed by atoms with E-state index in [4.69, 9.17) is 4.74 Å². The smallest absolute Gasteiger partial charge is 0.325 e. The van der Waals surface area contributed by atoms with Gasteiger partial charge in [-0.3, -0.25) is 9.59 Å². The summed E-state index contributed by atoms with van der Waals surface area (Å²) < 4.78 is 8.43. The van der Waals surface area contributed by atoms with Crippen molar-refractivity contribution in [2.75, 3.05) is 7.11 Å². The third kappa shape index (κ3) is 3.78. The van der Waals surface area contributed by atoms with Gasteiger partial charge in [-0.25, -0.2) is 0 Å². The molecule has 3 aromatic rings. The molecule has 0 aliphatic rings. The van der Waals surface area contributed by atoms with Gasteiger partial charge in [-0.15, -0.1) is 0 Å². The molecule has 0 fully saturated rings. The lowest BCUT2D eigenvalue weighted by atomic mass is 10.1. The first kappa shape index (κ1) is 18.5. The molecule has 0 spiro atoms. The largest absolute Gasteiger partial charge is 0.468 e. The van der Waals surface area contributed by atoms with E-state index in [1.165, 1.54) is 18.4 Å². The van der Waals surface area contributed by atoms with E-state index in [-0.39, 0.29) is 18.4 Å². The van der Waals surface area contributed by atoms with Gasteiger partial charge in [0.15, 0.2) is 4.80 Å². The number of esters is 1. The molecule has 0 saturated carbocycles. The van der Waals surface area contributed by atoms with Gasteiger partial charge in [-0.2, -0.15) is 4.99 Å². The number of benzene rings is 2. The monoisotopic (exact) mass is 432 g/mol. The number of fused-ring (bicyclic) bond motifs is 1. The van der Waals surface area contributed by atoms with Crippen molar-refractivity contribution >= 4 is 49.4 Å². The van der Waals surface area contributed by atoms with Crippen molar-refractivity contribution in [2.24, 2.45) is 4.99 Å². The Labute approximate surface area is 163 Å². The average molecular weight is 433 g/mol. The Balaban J connectivity index is 2.18. The second-order valence-corrected chi connectivity index (χ2v) is 7.82. The highest BCUT2D eigenvalue weighted by Gasteiger charge is 2.14. The number of aromatic nitrogens is 1. The van der Waals surface area contributed by atoms with Crippen molar-refractivity contribution in [3.05, 3.63) is 62.4 Å². The number of ether oxygens (including phenoxy) is 1. The number of amides is 1. The summed E-state index contributed by atoms with van der Waals surface area (Å²) in [5.41, 5.74) is 3.53. The van der Waals surface area contributed by atoms with Crippen LogP contribution in [0.3, 0.4) is 0 Å². The standard InChI is InChI=1S/C19H17BrN2O3S/c1-11-8-12(2)17-15(9-11)26-19(22(17)10-16(23)25-3)21-18(24)13-4-6-14(20)7-5-13/h4-9H,10H2,1-3H3. The van der Waals surface area contributed by atoms with Crippen LogP contribution in [-0.4, -0.2) is 23.6 Å². The fourth-order valence-electron chi connectivity index (χ4n) is 2.76. The zero-order valence-electron chi connectivity index (χ0n) is 14.6. The van der Waals surface area contributed by atoms with Gasteiger partial charge >= 0.3 is 5.97 Å². The van der Waals surface area contributed by atoms with Gasteiger partial charge in [0.25, 0.3) is 5.91 Å². The Hall–Kier alpha value is -2.25. The summed E-state index contributed by atoms with van der Waals surface area (Å²) in [6.07, 6.45) is 0. The van der Waals surface area contributed by atoms with E-state index in [2.05, 4.69) is 20.9 Å². The number of nitrogens with zero attached hydrogens (tertiary/aromatic N) is 2. The molecule has 3 rings (SSSR count). The molecule has 26 heavy (non-hydrogen) atoms. The molecule has 0 unspecified atom stereocenters. The molecule has 2 aromatic carbocycles. The summed E-state index contributed by atoms with van der Waals surface area (Å²) >= 11 is 4.74. The molecule has 5 nitrogen and oxygen atoms in total. The maximum Gasteiger partial charge on any atom is 0.325 e. The van der Waals surface area contributed by atoms with Crippen molar-refractivity contribution < 1.29 is 14.3 Å². The molecule has 0 aliphatic heterocycles. The molecule has 0 atom stereocenters. The Morgan fingerprint density at radius 1 is 1.19 bits per heavy atom. The first-order valence-electron chi connectivity index (χ1n) is 7.91. The molecular weight excluding hydrogens is 416 g/mol. The Bertz CT molecular complexity index is 1060. The number of carbonyl (C=O) groups excluding carboxylic acids is 2. The number of methoxy groups -OCH3 is 1. The molecule has 0 saturated heterocycles. The average Bonchev–Trinajstić information content (AvgIpc) is 2.92. The molecule has 7 heteroatoms. The maximum atomic E-state index is 12.6. The summed E-state index contributed by atoms with van der Waals surface area (Å²) in [6, 6.07) is 11.1. The molecule has 0 bridgehead atoms. The minimum Gasteiger partial charge on any atom is -0.468 e. The summed E-state index contributed by atoms with van der Waals surface area (Å²) in [4.78, 5) is 29.2. The Morgan fingerprint density at radius 2 is 1.88 bits per heavy atom. The highest BCUT2D eigenvalue weighted by molar-refractivity contribution is 9.10. The van der Waals surface area contributed by atoms with Gasteiger partial charge in [0.2, 0.25) is 0 Å². The molecule has 1 amide bonds. The van der Waals surface area contributed by atoms with Gasteiger partial charge in [0, 0.05) is 10.0 Å². The topological polar surface area (TPSA) is 60.7 Å². The summed E-state index contributed by atoms with van der Waals surface area (Å²) in [5.74, 6) is -0.737. The van der Waals surface area contributed by atoms with E-state index in [1.54, 1.807) is 28.8 Å². The van der Waals surface area contributed by atoms with Crippen LogP contribution in [0.2, 0.25) is 0 Å². The zero-order chi connectivity index (χ0) is 18.8.